The van der Waals surface area contributed by atoms with Crippen LogP contribution in [0, 0.1) is 0 Å². The van der Waals surface area contributed by atoms with Crippen molar-refractivity contribution in [2.75, 3.05) is 20.7 Å². The number of urea groups is 1. The zero-order valence-electron chi connectivity index (χ0n) is 23.2. The van der Waals surface area contributed by atoms with Gasteiger partial charge in [-0.3, -0.25) is 14.5 Å². The summed E-state index contributed by atoms with van der Waals surface area (Å²) in [4.78, 5) is 49.8. The van der Waals surface area contributed by atoms with Crippen LogP contribution in [0.2, 0.25) is 5.02 Å². The van der Waals surface area contributed by atoms with Crippen LogP contribution in [0.25, 0.3) is 11.3 Å². The molecule has 1 aliphatic rings. The van der Waals surface area contributed by atoms with Crippen LogP contribution in [0.4, 0.5) is 4.79 Å². The molecule has 42 heavy (non-hydrogen) atoms. The number of nitrogens with zero attached hydrogens (tertiary/aromatic N) is 3. The number of hydrogen-bond donors (Lipinski definition) is 2. The molecule has 4 aromatic rings. The van der Waals surface area contributed by atoms with E-state index >= 15 is 0 Å². The number of amides is 4. The molecular weight excluding hydrogens is 622 g/mol. The standard InChI is InChI=1S/C31H29BrClN5O4/c1-18(19-7-5-4-6-8-19)28(29-34-16-25(35-29)23-14-11-21(32)15-24(23)33)38-30(40)27(36-31(38)41)20-9-12-22(13-10-20)42-17-26(39)37(2)3/h4-16,18,27-28H,17H2,1-3H3,(H,34,35)(H,36,41)/t18?,27-,28?/m1/s1. The number of imide groups is 1. The molecule has 1 fully saturated rings. The van der Waals surface area contributed by atoms with Crippen molar-refractivity contribution < 1.29 is 19.1 Å². The molecule has 2 heterocycles. The highest BCUT2D eigenvalue weighted by Gasteiger charge is 2.46. The Labute approximate surface area is 257 Å². The van der Waals surface area contributed by atoms with Gasteiger partial charge in [0.2, 0.25) is 0 Å². The summed E-state index contributed by atoms with van der Waals surface area (Å²) in [7, 11) is 3.31. The summed E-state index contributed by atoms with van der Waals surface area (Å²) in [5.41, 5.74) is 2.95. The molecule has 0 radical (unpaired) electrons. The van der Waals surface area contributed by atoms with Crippen LogP contribution in [0.3, 0.4) is 0 Å². The lowest BCUT2D eigenvalue weighted by Gasteiger charge is -2.29. The Morgan fingerprint density at radius 2 is 1.81 bits per heavy atom. The molecule has 0 saturated carbocycles. The summed E-state index contributed by atoms with van der Waals surface area (Å²) >= 11 is 9.92. The Kier molecular flexibility index (Phi) is 8.65. The number of imidazole rings is 1. The number of nitrogens with one attached hydrogen (secondary N) is 2. The monoisotopic (exact) mass is 649 g/mol. The lowest BCUT2D eigenvalue weighted by Crippen LogP contribution is -2.38. The highest BCUT2D eigenvalue weighted by atomic mass is 79.9. The first-order valence-corrected chi connectivity index (χ1v) is 14.4. The van der Waals surface area contributed by atoms with Crippen LogP contribution >= 0.6 is 27.5 Å². The average Bonchev–Trinajstić information content (AvgIpc) is 3.57. The molecule has 2 unspecified atom stereocenters. The quantitative estimate of drug-likeness (QED) is 0.213. The van der Waals surface area contributed by atoms with E-state index in [1.807, 2.05) is 49.4 Å². The van der Waals surface area contributed by atoms with Gasteiger partial charge in [-0.25, -0.2) is 9.78 Å². The van der Waals surface area contributed by atoms with E-state index in [0.717, 1.165) is 15.6 Å². The second-order valence-corrected chi connectivity index (χ2v) is 11.5. The molecule has 9 nitrogen and oxygen atoms in total. The van der Waals surface area contributed by atoms with E-state index in [9.17, 15) is 14.4 Å². The zero-order chi connectivity index (χ0) is 30.0. The van der Waals surface area contributed by atoms with Gasteiger partial charge >= 0.3 is 6.03 Å². The number of aromatic nitrogens is 2. The zero-order valence-corrected chi connectivity index (χ0v) is 25.5. The van der Waals surface area contributed by atoms with E-state index in [-0.39, 0.29) is 18.4 Å². The van der Waals surface area contributed by atoms with Crippen molar-refractivity contribution in [1.82, 2.24) is 25.1 Å². The van der Waals surface area contributed by atoms with Gasteiger partial charge in [-0.2, -0.15) is 0 Å². The molecule has 4 amide bonds. The summed E-state index contributed by atoms with van der Waals surface area (Å²) in [5.74, 6) is 0.0783. The first-order chi connectivity index (χ1) is 20.1. The van der Waals surface area contributed by atoms with Crippen LogP contribution in [-0.4, -0.2) is 58.3 Å². The van der Waals surface area contributed by atoms with Crippen LogP contribution in [0.5, 0.6) is 5.75 Å². The van der Waals surface area contributed by atoms with Gasteiger partial charge in [0.1, 0.15) is 23.7 Å². The Hall–Kier alpha value is -4.15. The number of carbonyl (C=O) groups excluding carboxylic acids is 3. The molecule has 1 saturated heterocycles. The molecule has 11 heteroatoms. The highest BCUT2D eigenvalue weighted by Crippen LogP contribution is 2.40. The van der Waals surface area contributed by atoms with Gasteiger partial charge in [0.05, 0.1) is 16.9 Å². The third kappa shape index (κ3) is 6.05. The first-order valence-electron chi connectivity index (χ1n) is 13.3. The molecule has 0 aliphatic carbocycles. The van der Waals surface area contributed by atoms with Crippen molar-refractivity contribution >= 4 is 45.4 Å². The minimum absolute atomic E-state index is 0.102. The van der Waals surface area contributed by atoms with E-state index in [0.29, 0.717) is 27.9 Å². The van der Waals surface area contributed by atoms with Gasteiger partial charge in [-0.05, 0) is 35.4 Å². The van der Waals surface area contributed by atoms with E-state index in [4.69, 9.17) is 16.3 Å². The number of likely N-dealkylation sites (N-methyl/N-ethyl adjacent to an activating group) is 1. The molecule has 1 aromatic heterocycles. The van der Waals surface area contributed by atoms with Gasteiger partial charge in [0.25, 0.3) is 11.8 Å². The third-order valence-electron chi connectivity index (χ3n) is 7.22. The molecule has 216 valence electrons. The fourth-order valence-corrected chi connectivity index (χ4v) is 5.64. The van der Waals surface area contributed by atoms with Crippen molar-refractivity contribution in [1.29, 1.82) is 0 Å². The summed E-state index contributed by atoms with van der Waals surface area (Å²) in [6, 6.07) is 19.8. The number of carbonyl (C=O) groups is 3. The van der Waals surface area contributed by atoms with E-state index in [1.165, 1.54) is 9.80 Å². The third-order valence-corrected chi connectivity index (χ3v) is 8.03. The molecule has 0 bridgehead atoms. The van der Waals surface area contributed by atoms with Gasteiger partial charge in [0.15, 0.2) is 6.61 Å². The van der Waals surface area contributed by atoms with Crippen LogP contribution in [-0.2, 0) is 9.59 Å². The van der Waals surface area contributed by atoms with Crippen molar-refractivity contribution in [2.45, 2.75) is 24.9 Å². The predicted octanol–water partition coefficient (Wildman–Crippen LogP) is 6.10. The lowest BCUT2D eigenvalue weighted by molar-refractivity contribution is -0.131. The average molecular weight is 651 g/mol. The van der Waals surface area contributed by atoms with E-state index in [1.54, 1.807) is 50.6 Å². The molecule has 3 aromatic carbocycles. The number of halogens is 2. The highest BCUT2D eigenvalue weighted by molar-refractivity contribution is 9.10. The number of H-pyrrole nitrogens is 1. The maximum atomic E-state index is 13.9. The largest absolute Gasteiger partial charge is 0.484 e. The summed E-state index contributed by atoms with van der Waals surface area (Å²) in [6.45, 7) is 1.86. The molecular formula is C31H29BrClN5O4. The minimum Gasteiger partial charge on any atom is -0.484 e. The fourth-order valence-electron chi connectivity index (χ4n) is 4.87. The smallest absolute Gasteiger partial charge is 0.325 e. The maximum Gasteiger partial charge on any atom is 0.325 e. The number of benzene rings is 3. The summed E-state index contributed by atoms with van der Waals surface area (Å²) in [6.07, 6.45) is 1.66. The Morgan fingerprint density at radius 3 is 2.48 bits per heavy atom. The van der Waals surface area contributed by atoms with Crippen molar-refractivity contribution in [3.8, 4) is 17.0 Å². The van der Waals surface area contributed by atoms with Gasteiger partial charge in [0, 0.05) is 30.0 Å². The second kappa shape index (κ2) is 12.4. The molecule has 3 atom stereocenters. The van der Waals surface area contributed by atoms with Crippen molar-refractivity contribution in [2.24, 2.45) is 0 Å². The minimum atomic E-state index is -0.893. The topological polar surface area (TPSA) is 108 Å². The number of rotatable bonds is 9. The fraction of sp³-hybridized carbons (Fsp3) is 0.226. The molecule has 2 N–H and O–H groups in total. The lowest BCUT2D eigenvalue weighted by atomic mass is 9.91. The van der Waals surface area contributed by atoms with Gasteiger partial charge in [-0.1, -0.05) is 83.0 Å². The summed E-state index contributed by atoms with van der Waals surface area (Å²) in [5, 5.41) is 3.36. The van der Waals surface area contributed by atoms with Gasteiger partial charge in [-0.15, -0.1) is 0 Å². The number of ether oxygens (including phenoxy) is 1. The SMILES string of the molecule is CC(c1ccccc1)C(c1ncc(-c2ccc(Br)cc2Cl)[nH]1)N1C(=O)N[C@H](c2ccc(OCC(=O)N(C)C)cc2)C1=O. The van der Waals surface area contributed by atoms with Gasteiger partial charge < -0.3 is 19.9 Å². The second-order valence-electron chi connectivity index (χ2n) is 10.2. The Morgan fingerprint density at radius 1 is 1.10 bits per heavy atom. The predicted molar refractivity (Wildman–Crippen MR) is 163 cm³/mol. The van der Waals surface area contributed by atoms with Crippen LogP contribution in [0.1, 0.15) is 41.9 Å². The number of aromatic amines is 1. The Bertz CT molecular complexity index is 1610. The summed E-state index contributed by atoms with van der Waals surface area (Å²) < 4.78 is 6.39. The van der Waals surface area contributed by atoms with Crippen molar-refractivity contribution in [3.63, 3.8) is 0 Å². The molecule has 5 rings (SSSR count). The van der Waals surface area contributed by atoms with E-state index < -0.39 is 24.0 Å². The van der Waals surface area contributed by atoms with E-state index in [2.05, 4.69) is 31.2 Å². The number of hydrogen-bond acceptors (Lipinski definition) is 5. The molecule has 0 spiro atoms. The Balaban J connectivity index is 1.45. The maximum absolute atomic E-state index is 13.9. The van der Waals surface area contributed by atoms with Crippen LogP contribution < -0.4 is 10.1 Å². The molecule has 1 aliphatic heterocycles. The van der Waals surface area contributed by atoms with Crippen LogP contribution in [0.15, 0.2) is 83.5 Å². The normalized spacial score (nSPS) is 16.2. The first kappa shape index (κ1) is 29.3. The van der Waals surface area contributed by atoms with Crippen molar-refractivity contribution in [3.05, 3.63) is 105 Å².